The van der Waals surface area contributed by atoms with Crippen LogP contribution in [0.25, 0.3) is 16.2 Å². The van der Waals surface area contributed by atoms with Gasteiger partial charge in [0.15, 0.2) is 0 Å². The van der Waals surface area contributed by atoms with Gasteiger partial charge < -0.3 is 20.3 Å². The average Bonchev–Trinajstić information content (AvgIpc) is 3.48. The number of amides is 1. The van der Waals surface area contributed by atoms with Crippen LogP contribution in [0, 0.1) is 0 Å². The number of benzene rings is 1. The van der Waals surface area contributed by atoms with Crippen molar-refractivity contribution in [2.75, 3.05) is 26.2 Å². The Morgan fingerprint density at radius 1 is 1.32 bits per heavy atom. The summed E-state index contributed by atoms with van der Waals surface area (Å²) in [5.74, 6) is 0.559. The first-order valence-electron chi connectivity index (χ1n) is 12.2. The van der Waals surface area contributed by atoms with Crippen LogP contribution in [0.5, 0.6) is 11.5 Å². The van der Waals surface area contributed by atoms with Gasteiger partial charge in [-0.3, -0.25) is 14.1 Å². The quantitative estimate of drug-likeness (QED) is 0.316. The molecular weight excluding hydrogens is 512 g/mol. The minimum atomic E-state index is -0.557. The molecule has 4 heterocycles. The first kappa shape index (κ1) is 25.5. The van der Waals surface area contributed by atoms with Gasteiger partial charge in [0, 0.05) is 29.7 Å². The fourth-order valence-corrected chi connectivity index (χ4v) is 5.81. The van der Waals surface area contributed by atoms with Crippen molar-refractivity contribution in [3.63, 3.8) is 0 Å². The maximum Gasteiger partial charge on any atom is 0.262 e. The number of carbonyl (C=O) groups is 1. The lowest BCUT2D eigenvalue weighted by Crippen LogP contribution is -2.40. The van der Waals surface area contributed by atoms with E-state index in [-0.39, 0.29) is 12.2 Å². The lowest BCUT2D eigenvalue weighted by molar-refractivity contribution is 0.0632. The molecule has 4 aromatic rings. The second-order valence-electron chi connectivity index (χ2n) is 9.13. The van der Waals surface area contributed by atoms with Gasteiger partial charge in [-0.25, -0.2) is 4.98 Å². The van der Waals surface area contributed by atoms with Crippen molar-refractivity contribution in [3.05, 3.63) is 70.3 Å². The summed E-state index contributed by atoms with van der Waals surface area (Å²) in [6.07, 6.45) is 4.88. The highest BCUT2D eigenvalue weighted by Crippen LogP contribution is 2.39. The van der Waals surface area contributed by atoms with E-state index in [9.17, 15) is 9.90 Å². The molecular formula is C27H29ClN4O4S. The van der Waals surface area contributed by atoms with Gasteiger partial charge in [0.2, 0.25) is 0 Å². The van der Waals surface area contributed by atoms with Gasteiger partial charge in [0.1, 0.15) is 34.7 Å². The normalized spacial score (nSPS) is 17.1. The number of primary amides is 1. The van der Waals surface area contributed by atoms with E-state index >= 15 is 0 Å². The highest BCUT2D eigenvalue weighted by Gasteiger charge is 2.22. The molecule has 1 aromatic carbocycles. The predicted octanol–water partition coefficient (Wildman–Crippen LogP) is 4.79. The number of hydrogen-bond acceptors (Lipinski definition) is 7. The Morgan fingerprint density at radius 2 is 2.16 bits per heavy atom. The van der Waals surface area contributed by atoms with Crippen LogP contribution in [0.2, 0.25) is 5.02 Å². The molecule has 194 valence electrons. The van der Waals surface area contributed by atoms with Gasteiger partial charge in [0.05, 0.1) is 29.1 Å². The molecule has 1 aliphatic rings. The maximum absolute atomic E-state index is 12.2. The Balaban J connectivity index is 1.36. The van der Waals surface area contributed by atoms with Crippen LogP contribution in [-0.4, -0.2) is 57.6 Å². The lowest BCUT2D eigenvalue weighted by Gasteiger charge is -2.29. The number of pyridine rings is 1. The number of piperidine rings is 1. The molecule has 10 heteroatoms. The standard InChI is InChI=1S/C27H29ClN4O4S/c1-17(20-6-2-3-7-21(20)28)36-23-13-24(37-26(23)27(29)34)22-14-30-25-9-8-19(16-32(22)25)35-12-11-31-10-4-5-18(33)15-31/h2-3,6-9,13-14,16-18,33H,4-5,10-12,15H2,1H3,(H2,29,34). The van der Waals surface area contributed by atoms with E-state index in [1.54, 1.807) is 12.3 Å². The molecule has 3 aromatic heterocycles. The zero-order chi connectivity index (χ0) is 25.9. The van der Waals surface area contributed by atoms with Crippen molar-refractivity contribution in [1.82, 2.24) is 14.3 Å². The predicted molar refractivity (Wildman–Crippen MR) is 145 cm³/mol. The summed E-state index contributed by atoms with van der Waals surface area (Å²) in [4.78, 5) is 20.1. The fourth-order valence-electron chi connectivity index (χ4n) is 4.57. The summed E-state index contributed by atoms with van der Waals surface area (Å²) in [5.41, 5.74) is 8.06. The van der Waals surface area contributed by atoms with Crippen molar-refractivity contribution >= 4 is 34.5 Å². The Labute approximate surface area is 224 Å². The highest BCUT2D eigenvalue weighted by molar-refractivity contribution is 7.17. The molecule has 37 heavy (non-hydrogen) atoms. The zero-order valence-corrected chi connectivity index (χ0v) is 22.0. The molecule has 1 amide bonds. The summed E-state index contributed by atoms with van der Waals surface area (Å²) < 4.78 is 14.1. The minimum absolute atomic E-state index is 0.253. The van der Waals surface area contributed by atoms with E-state index in [4.69, 9.17) is 26.8 Å². The molecule has 1 fully saturated rings. The van der Waals surface area contributed by atoms with Crippen LogP contribution in [0.3, 0.4) is 0 Å². The van der Waals surface area contributed by atoms with Crippen molar-refractivity contribution < 1.29 is 19.4 Å². The number of rotatable bonds is 9. The molecule has 3 N–H and O–H groups in total. The number of β-amino-alcohol motifs (C(OH)–C–C–N with tert-alkyl or cyclic N) is 1. The molecule has 0 spiro atoms. The Hall–Kier alpha value is -3.11. The van der Waals surface area contributed by atoms with Crippen molar-refractivity contribution in [3.8, 4) is 22.1 Å². The molecule has 5 rings (SSSR count). The number of thiophene rings is 1. The SMILES string of the molecule is CC(Oc1cc(-c2cnc3ccc(OCCN4CCCC(O)C4)cn23)sc1C(N)=O)c1ccccc1Cl. The molecule has 0 radical (unpaired) electrons. The van der Waals surface area contributed by atoms with Crippen molar-refractivity contribution in [2.24, 2.45) is 5.73 Å². The molecule has 0 aliphatic carbocycles. The van der Waals surface area contributed by atoms with Crippen molar-refractivity contribution in [1.29, 1.82) is 0 Å². The molecule has 0 bridgehead atoms. The fraction of sp³-hybridized carbons (Fsp3) is 0.333. The number of aliphatic hydroxyl groups excluding tert-OH is 1. The summed E-state index contributed by atoms with van der Waals surface area (Å²) in [5, 5.41) is 10.5. The lowest BCUT2D eigenvalue weighted by atomic mass is 10.1. The first-order valence-corrected chi connectivity index (χ1v) is 13.4. The summed E-state index contributed by atoms with van der Waals surface area (Å²) >= 11 is 7.59. The second-order valence-corrected chi connectivity index (χ2v) is 10.6. The van der Waals surface area contributed by atoms with Gasteiger partial charge in [-0.05, 0) is 44.5 Å². The van der Waals surface area contributed by atoms with Gasteiger partial charge in [-0.2, -0.15) is 0 Å². The van der Waals surface area contributed by atoms with Crippen molar-refractivity contribution in [2.45, 2.75) is 32.0 Å². The number of aliphatic hydroxyl groups is 1. The largest absolute Gasteiger partial charge is 0.491 e. The van der Waals surface area contributed by atoms with Crippen LogP contribution in [0.15, 0.2) is 54.9 Å². The number of halogens is 1. The Kier molecular flexibility index (Phi) is 7.66. The molecule has 1 saturated heterocycles. The van der Waals surface area contributed by atoms with Gasteiger partial charge in [-0.1, -0.05) is 29.8 Å². The molecule has 2 unspecified atom stereocenters. The number of fused-ring (bicyclic) bond motifs is 1. The summed E-state index contributed by atoms with van der Waals surface area (Å²) in [6.45, 7) is 4.82. The molecule has 0 saturated carbocycles. The number of carbonyl (C=O) groups excluding carboxylic acids is 1. The molecule has 2 atom stereocenters. The number of aromatic nitrogens is 2. The summed E-state index contributed by atoms with van der Waals surface area (Å²) in [7, 11) is 0. The van der Waals surface area contributed by atoms with Crippen LogP contribution < -0.4 is 15.2 Å². The molecule has 8 nitrogen and oxygen atoms in total. The maximum atomic E-state index is 12.2. The van der Waals surface area contributed by atoms with E-state index in [2.05, 4.69) is 9.88 Å². The third-order valence-corrected chi connectivity index (χ3v) is 7.95. The topological polar surface area (TPSA) is 102 Å². The number of ether oxygens (including phenoxy) is 2. The number of imidazole rings is 1. The highest BCUT2D eigenvalue weighted by atomic mass is 35.5. The van der Waals surface area contributed by atoms with E-state index in [0.717, 1.165) is 47.7 Å². The summed E-state index contributed by atoms with van der Waals surface area (Å²) in [6, 6.07) is 13.0. The van der Waals surface area contributed by atoms with Crippen LogP contribution >= 0.6 is 22.9 Å². The first-order chi connectivity index (χ1) is 17.9. The second kappa shape index (κ2) is 11.1. The van der Waals surface area contributed by atoms with E-state index in [0.29, 0.717) is 34.6 Å². The number of likely N-dealkylation sites (tertiary alicyclic amines) is 1. The number of nitrogens with zero attached hydrogens (tertiary/aromatic N) is 3. The van der Waals surface area contributed by atoms with Gasteiger partial charge in [-0.15, -0.1) is 11.3 Å². The van der Waals surface area contributed by atoms with Crippen LogP contribution in [-0.2, 0) is 0 Å². The van der Waals surface area contributed by atoms with E-state index in [1.165, 1.54) is 11.3 Å². The third-order valence-electron chi connectivity index (χ3n) is 6.46. The number of nitrogens with two attached hydrogens (primary N) is 1. The van der Waals surface area contributed by atoms with Crippen LogP contribution in [0.4, 0.5) is 0 Å². The van der Waals surface area contributed by atoms with Gasteiger partial charge in [0.25, 0.3) is 5.91 Å². The smallest absolute Gasteiger partial charge is 0.262 e. The van der Waals surface area contributed by atoms with E-state index in [1.807, 2.05) is 53.9 Å². The third kappa shape index (κ3) is 5.75. The minimum Gasteiger partial charge on any atom is -0.491 e. The van der Waals surface area contributed by atoms with E-state index < -0.39 is 5.91 Å². The number of hydrogen-bond donors (Lipinski definition) is 2. The average molecular weight is 541 g/mol. The van der Waals surface area contributed by atoms with Crippen LogP contribution in [0.1, 0.15) is 41.1 Å². The monoisotopic (exact) mass is 540 g/mol. The Bertz CT molecular complexity index is 1400. The Morgan fingerprint density at radius 3 is 2.95 bits per heavy atom. The van der Waals surface area contributed by atoms with Gasteiger partial charge >= 0.3 is 0 Å². The molecule has 1 aliphatic heterocycles. The zero-order valence-electron chi connectivity index (χ0n) is 20.5.